The molecule has 0 aromatic heterocycles. The highest BCUT2D eigenvalue weighted by Gasteiger charge is 2.14. The van der Waals surface area contributed by atoms with Crippen LogP contribution in [0.15, 0.2) is 30.9 Å². The number of benzene rings is 1. The van der Waals surface area contributed by atoms with Crippen LogP contribution < -0.4 is 15.2 Å². The fraction of sp³-hybridized carbons (Fsp3) is 0.385. The average Bonchev–Trinajstić information content (AvgIpc) is 2.35. The lowest BCUT2D eigenvalue weighted by molar-refractivity contribution is 0.171. The van der Waals surface area contributed by atoms with Crippen molar-refractivity contribution in [1.82, 2.24) is 0 Å². The van der Waals surface area contributed by atoms with E-state index in [4.69, 9.17) is 15.2 Å². The summed E-state index contributed by atoms with van der Waals surface area (Å²) in [5.74, 6) is 1.61. The Morgan fingerprint density at radius 1 is 1.31 bits per heavy atom. The second-order valence-corrected chi connectivity index (χ2v) is 3.88. The van der Waals surface area contributed by atoms with Crippen molar-refractivity contribution in [3.63, 3.8) is 0 Å². The van der Waals surface area contributed by atoms with Crippen molar-refractivity contribution in [2.75, 3.05) is 13.2 Å². The van der Waals surface area contributed by atoms with Gasteiger partial charge in [0.15, 0.2) is 11.5 Å². The molecular formula is C13H17NO2. The smallest absolute Gasteiger partial charge is 0.161 e. The van der Waals surface area contributed by atoms with E-state index in [-0.39, 0.29) is 6.04 Å². The number of hydrogen-bond acceptors (Lipinski definition) is 3. The van der Waals surface area contributed by atoms with E-state index in [1.807, 2.05) is 24.3 Å². The van der Waals surface area contributed by atoms with Crippen molar-refractivity contribution in [2.24, 2.45) is 5.73 Å². The molecule has 0 aliphatic carbocycles. The molecule has 0 saturated heterocycles. The largest absolute Gasteiger partial charge is 0.486 e. The summed E-state index contributed by atoms with van der Waals surface area (Å²) in [4.78, 5) is 0. The van der Waals surface area contributed by atoms with Crippen molar-refractivity contribution < 1.29 is 9.47 Å². The first-order chi connectivity index (χ1) is 7.81. The summed E-state index contributed by atoms with van der Waals surface area (Å²) in [6.45, 7) is 4.93. The van der Waals surface area contributed by atoms with E-state index in [0.29, 0.717) is 13.2 Å². The molecule has 2 N–H and O–H groups in total. The van der Waals surface area contributed by atoms with Gasteiger partial charge in [0.05, 0.1) is 0 Å². The summed E-state index contributed by atoms with van der Waals surface area (Å²) in [5, 5.41) is 0. The molecule has 1 aliphatic heterocycles. The Kier molecular flexibility index (Phi) is 3.47. The van der Waals surface area contributed by atoms with Gasteiger partial charge in [0.1, 0.15) is 13.2 Å². The number of allylic oxidation sites excluding steroid dienone is 1. The maximum atomic E-state index is 6.07. The number of ether oxygens (including phenoxy) is 2. The zero-order valence-electron chi connectivity index (χ0n) is 9.32. The van der Waals surface area contributed by atoms with Gasteiger partial charge in [0, 0.05) is 6.04 Å². The summed E-state index contributed by atoms with van der Waals surface area (Å²) < 4.78 is 11.0. The standard InChI is InChI=1S/C13H17NO2/c1-2-3-4-11(14)10-5-6-12-13(9-10)16-8-7-15-12/h2,5-6,9,11H,1,3-4,7-8,14H2. The Bertz CT molecular complexity index is 376. The maximum Gasteiger partial charge on any atom is 0.161 e. The molecule has 1 heterocycles. The van der Waals surface area contributed by atoms with Gasteiger partial charge in [-0.25, -0.2) is 0 Å². The van der Waals surface area contributed by atoms with E-state index in [0.717, 1.165) is 29.9 Å². The van der Waals surface area contributed by atoms with Gasteiger partial charge in [-0.2, -0.15) is 0 Å². The molecule has 86 valence electrons. The molecule has 0 fully saturated rings. The zero-order chi connectivity index (χ0) is 11.4. The third kappa shape index (κ3) is 2.36. The van der Waals surface area contributed by atoms with E-state index in [1.165, 1.54) is 0 Å². The lowest BCUT2D eigenvalue weighted by Crippen LogP contribution is -2.16. The summed E-state index contributed by atoms with van der Waals surface area (Å²) in [6, 6.07) is 5.94. The van der Waals surface area contributed by atoms with Gasteiger partial charge in [-0.05, 0) is 30.5 Å². The Balaban J connectivity index is 2.13. The molecule has 1 aliphatic rings. The molecule has 1 aromatic rings. The summed E-state index contributed by atoms with van der Waals surface area (Å²) in [7, 11) is 0. The molecule has 0 spiro atoms. The number of fused-ring (bicyclic) bond motifs is 1. The Hall–Kier alpha value is -1.48. The minimum Gasteiger partial charge on any atom is -0.486 e. The van der Waals surface area contributed by atoms with Crippen molar-refractivity contribution in [1.29, 1.82) is 0 Å². The highest BCUT2D eigenvalue weighted by atomic mass is 16.6. The van der Waals surface area contributed by atoms with E-state index in [9.17, 15) is 0 Å². The summed E-state index contributed by atoms with van der Waals surface area (Å²) >= 11 is 0. The van der Waals surface area contributed by atoms with E-state index in [1.54, 1.807) is 0 Å². The molecule has 1 atom stereocenters. The third-order valence-electron chi connectivity index (χ3n) is 2.68. The van der Waals surface area contributed by atoms with Crippen LogP contribution in [0.3, 0.4) is 0 Å². The van der Waals surface area contributed by atoms with Gasteiger partial charge in [-0.1, -0.05) is 12.1 Å². The van der Waals surface area contributed by atoms with Crippen LogP contribution in [0.5, 0.6) is 11.5 Å². The molecule has 3 nitrogen and oxygen atoms in total. The van der Waals surface area contributed by atoms with Crippen LogP contribution in [0.1, 0.15) is 24.4 Å². The van der Waals surface area contributed by atoms with Crippen LogP contribution in [-0.2, 0) is 0 Å². The Labute approximate surface area is 95.9 Å². The molecule has 0 bridgehead atoms. The van der Waals surface area contributed by atoms with Gasteiger partial charge in [0.2, 0.25) is 0 Å². The Morgan fingerprint density at radius 3 is 2.81 bits per heavy atom. The van der Waals surface area contributed by atoms with Crippen LogP contribution in [0.4, 0.5) is 0 Å². The van der Waals surface area contributed by atoms with Crippen LogP contribution >= 0.6 is 0 Å². The fourth-order valence-electron chi connectivity index (χ4n) is 1.75. The van der Waals surface area contributed by atoms with Gasteiger partial charge in [0.25, 0.3) is 0 Å². The quantitative estimate of drug-likeness (QED) is 0.791. The predicted molar refractivity (Wildman–Crippen MR) is 63.8 cm³/mol. The number of hydrogen-bond donors (Lipinski definition) is 1. The molecule has 2 rings (SSSR count). The Morgan fingerprint density at radius 2 is 2.06 bits per heavy atom. The molecule has 1 aromatic carbocycles. The predicted octanol–water partition coefficient (Wildman–Crippen LogP) is 2.42. The second-order valence-electron chi connectivity index (χ2n) is 3.88. The van der Waals surface area contributed by atoms with Crippen LogP contribution in [0.2, 0.25) is 0 Å². The number of nitrogens with two attached hydrogens (primary N) is 1. The van der Waals surface area contributed by atoms with Crippen molar-refractivity contribution in [3.8, 4) is 11.5 Å². The molecule has 0 amide bonds. The van der Waals surface area contributed by atoms with Crippen molar-refractivity contribution in [3.05, 3.63) is 36.4 Å². The van der Waals surface area contributed by atoms with Gasteiger partial charge in [-0.15, -0.1) is 6.58 Å². The van der Waals surface area contributed by atoms with Crippen LogP contribution in [0, 0.1) is 0 Å². The molecule has 16 heavy (non-hydrogen) atoms. The van der Waals surface area contributed by atoms with Gasteiger partial charge < -0.3 is 15.2 Å². The third-order valence-corrected chi connectivity index (χ3v) is 2.68. The number of rotatable bonds is 4. The van der Waals surface area contributed by atoms with Crippen molar-refractivity contribution in [2.45, 2.75) is 18.9 Å². The SMILES string of the molecule is C=CCCC(N)c1ccc2c(c1)OCCO2. The second kappa shape index (κ2) is 5.03. The highest BCUT2D eigenvalue weighted by molar-refractivity contribution is 5.44. The molecule has 0 saturated carbocycles. The van der Waals surface area contributed by atoms with E-state index < -0.39 is 0 Å². The van der Waals surface area contributed by atoms with Crippen molar-refractivity contribution >= 4 is 0 Å². The normalized spacial score (nSPS) is 15.6. The average molecular weight is 219 g/mol. The first-order valence-corrected chi connectivity index (χ1v) is 5.57. The molecule has 3 heteroatoms. The molecule has 1 unspecified atom stereocenters. The van der Waals surface area contributed by atoms with Crippen LogP contribution in [-0.4, -0.2) is 13.2 Å². The minimum atomic E-state index is 0.0360. The highest BCUT2D eigenvalue weighted by Crippen LogP contribution is 2.32. The first-order valence-electron chi connectivity index (χ1n) is 5.57. The van der Waals surface area contributed by atoms with E-state index in [2.05, 4.69) is 6.58 Å². The van der Waals surface area contributed by atoms with E-state index >= 15 is 0 Å². The minimum absolute atomic E-state index is 0.0360. The van der Waals surface area contributed by atoms with Gasteiger partial charge in [-0.3, -0.25) is 0 Å². The lowest BCUT2D eigenvalue weighted by atomic mass is 10.0. The molecular weight excluding hydrogens is 202 g/mol. The fourth-order valence-corrected chi connectivity index (χ4v) is 1.75. The molecule has 0 radical (unpaired) electrons. The van der Waals surface area contributed by atoms with Crippen LogP contribution in [0.25, 0.3) is 0 Å². The zero-order valence-corrected chi connectivity index (χ0v) is 9.32. The first kappa shape index (κ1) is 11.0. The topological polar surface area (TPSA) is 44.5 Å². The summed E-state index contributed by atoms with van der Waals surface area (Å²) in [5.41, 5.74) is 7.16. The lowest BCUT2D eigenvalue weighted by Gasteiger charge is -2.20. The summed E-state index contributed by atoms with van der Waals surface area (Å²) in [6.07, 6.45) is 3.72. The van der Waals surface area contributed by atoms with Gasteiger partial charge >= 0.3 is 0 Å². The monoisotopic (exact) mass is 219 g/mol. The maximum absolute atomic E-state index is 6.07.